The number of hydrogen-bond acceptors (Lipinski definition) is 4. The highest BCUT2D eigenvalue weighted by molar-refractivity contribution is 5.79. The van der Waals surface area contributed by atoms with Crippen molar-refractivity contribution in [2.75, 3.05) is 21.3 Å². The minimum atomic E-state index is 0.00457. The van der Waals surface area contributed by atoms with E-state index in [1.54, 1.807) is 21.3 Å². The first-order valence-electron chi connectivity index (χ1n) is 8.78. The third kappa shape index (κ3) is 4.28. The molecule has 1 aliphatic carbocycles. The van der Waals surface area contributed by atoms with E-state index in [2.05, 4.69) is 5.32 Å². The normalized spacial score (nSPS) is 14.4. The van der Waals surface area contributed by atoms with Gasteiger partial charge in [-0.05, 0) is 54.2 Å². The van der Waals surface area contributed by atoms with E-state index in [-0.39, 0.29) is 11.9 Å². The van der Waals surface area contributed by atoms with E-state index < -0.39 is 0 Å². The Bertz CT molecular complexity index is 753. The molecule has 1 N–H and O–H groups in total. The van der Waals surface area contributed by atoms with Gasteiger partial charge in [-0.2, -0.15) is 0 Å². The van der Waals surface area contributed by atoms with Crippen LogP contribution < -0.4 is 19.5 Å². The molecule has 5 nitrogen and oxygen atoms in total. The summed E-state index contributed by atoms with van der Waals surface area (Å²) < 4.78 is 15.8. The smallest absolute Gasteiger partial charge is 0.224 e. The van der Waals surface area contributed by atoms with E-state index in [1.165, 1.54) is 0 Å². The van der Waals surface area contributed by atoms with Gasteiger partial charge < -0.3 is 19.5 Å². The Hall–Kier alpha value is -2.69. The maximum absolute atomic E-state index is 12.6. The van der Waals surface area contributed by atoms with Crippen molar-refractivity contribution in [2.45, 2.75) is 25.3 Å². The predicted molar refractivity (Wildman–Crippen MR) is 99.9 cm³/mol. The van der Waals surface area contributed by atoms with Crippen LogP contribution in [-0.2, 0) is 11.2 Å². The van der Waals surface area contributed by atoms with Crippen molar-refractivity contribution in [2.24, 2.45) is 5.92 Å². The van der Waals surface area contributed by atoms with Crippen molar-refractivity contribution in [3.63, 3.8) is 0 Å². The van der Waals surface area contributed by atoms with Crippen LogP contribution in [0.3, 0.4) is 0 Å². The highest BCUT2D eigenvalue weighted by Crippen LogP contribution is 2.41. The van der Waals surface area contributed by atoms with Crippen molar-refractivity contribution >= 4 is 5.91 Å². The van der Waals surface area contributed by atoms with Gasteiger partial charge in [-0.3, -0.25) is 4.79 Å². The molecule has 1 saturated carbocycles. The Labute approximate surface area is 154 Å². The number of hydrogen-bond donors (Lipinski definition) is 1. The van der Waals surface area contributed by atoms with Crippen molar-refractivity contribution in [1.29, 1.82) is 0 Å². The van der Waals surface area contributed by atoms with Crippen LogP contribution in [0.25, 0.3) is 0 Å². The molecule has 5 heteroatoms. The lowest BCUT2D eigenvalue weighted by Gasteiger charge is -2.19. The molecule has 1 amide bonds. The summed E-state index contributed by atoms with van der Waals surface area (Å²) in [5.74, 6) is 2.63. The molecule has 2 aromatic rings. The molecule has 0 saturated heterocycles. The molecule has 0 aromatic heterocycles. The number of benzene rings is 2. The lowest BCUT2D eigenvalue weighted by Crippen LogP contribution is -2.31. The quantitative estimate of drug-likeness (QED) is 0.787. The first kappa shape index (κ1) is 18.1. The molecule has 1 fully saturated rings. The van der Waals surface area contributed by atoms with Crippen molar-refractivity contribution < 1.29 is 19.0 Å². The topological polar surface area (TPSA) is 56.8 Å². The number of nitrogens with one attached hydrogen (secondary N) is 1. The largest absolute Gasteiger partial charge is 0.497 e. The third-order valence-electron chi connectivity index (χ3n) is 4.70. The van der Waals surface area contributed by atoms with Crippen LogP contribution in [0, 0.1) is 5.92 Å². The molecular formula is C21H25NO4. The number of amides is 1. The molecule has 0 bridgehead atoms. The SMILES string of the molecule is COc1ccc(C(NC(=O)Cc2ccc(OC)c(OC)c2)C2CC2)cc1. The van der Waals surface area contributed by atoms with Gasteiger partial charge in [-0.15, -0.1) is 0 Å². The lowest BCUT2D eigenvalue weighted by molar-refractivity contribution is -0.121. The minimum absolute atomic E-state index is 0.00457. The molecule has 0 radical (unpaired) electrons. The van der Waals surface area contributed by atoms with E-state index in [9.17, 15) is 4.79 Å². The number of carbonyl (C=O) groups excluding carboxylic acids is 1. The molecule has 138 valence electrons. The summed E-state index contributed by atoms with van der Waals surface area (Å²) in [4.78, 5) is 12.6. The number of ether oxygens (including phenoxy) is 3. The standard InChI is InChI=1S/C21H25NO4/c1-24-17-9-7-16(8-10-17)21(15-5-6-15)22-20(23)13-14-4-11-18(25-2)19(12-14)26-3/h4,7-12,15,21H,5-6,13H2,1-3H3,(H,22,23). The fourth-order valence-electron chi connectivity index (χ4n) is 3.11. The second-order valence-corrected chi connectivity index (χ2v) is 6.52. The monoisotopic (exact) mass is 355 g/mol. The average Bonchev–Trinajstić information content (AvgIpc) is 3.51. The van der Waals surface area contributed by atoms with Gasteiger partial charge >= 0.3 is 0 Å². The van der Waals surface area contributed by atoms with Crippen LogP contribution in [0.4, 0.5) is 0 Å². The van der Waals surface area contributed by atoms with Crippen LogP contribution in [0.5, 0.6) is 17.2 Å². The highest BCUT2D eigenvalue weighted by Gasteiger charge is 2.33. The van der Waals surface area contributed by atoms with Crippen LogP contribution in [-0.4, -0.2) is 27.2 Å². The summed E-state index contributed by atoms with van der Waals surface area (Å²) >= 11 is 0. The number of carbonyl (C=O) groups is 1. The maximum Gasteiger partial charge on any atom is 0.224 e. The van der Waals surface area contributed by atoms with Crippen LogP contribution in [0.1, 0.15) is 30.0 Å². The second-order valence-electron chi connectivity index (χ2n) is 6.52. The van der Waals surface area contributed by atoms with Crippen LogP contribution in [0.15, 0.2) is 42.5 Å². The zero-order valence-electron chi connectivity index (χ0n) is 15.5. The second kappa shape index (κ2) is 8.13. The summed E-state index contributed by atoms with van der Waals surface area (Å²) in [6.45, 7) is 0. The molecule has 2 aromatic carbocycles. The Kier molecular flexibility index (Phi) is 5.66. The summed E-state index contributed by atoms with van der Waals surface area (Å²) in [6, 6.07) is 13.5. The third-order valence-corrected chi connectivity index (χ3v) is 4.70. The average molecular weight is 355 g/mol. The summed E-state index contributed by atoms with van der Waals surface area (Å²) in [5, 5.41) is 3.20. The number of rotatable bonds is 8. The van der Waals surface area contributed by atoms with Gasteiger partial charge in [0.15, 0.2) is 11.5 Å². The van der Waals surface area contributed by atoms with Crippen molar-refractivity contribution in [3.8, 4) is 17.2 Å². The molecule has 1 unspecified atom stereocenters. The van der Waals surface area contributed by atoms with Crippen molar-refractivity contribution in [1.82, 2.24) is 5.32 Å². The minimum Gasteiger partial charge on any atom is -0.497 e. The lowest BCUT2D eigenvalue weighted by atomic mass is 10.0. The molecule has 1 atom stereocenters. The summed E-state index contributed by atoms with van der Waals surface area (Å²) in [6.07, 6.45) is 2.60. The Balaban J connectivity index is 1.68. The molecule has 3 rings (SSSR count). The van der Waals surface area contributed by atoms with Gasteiger partial charge in [0.1, 0.15) is 5.75 Å². The molecular weight excluding hydrogens is 330 g/mol. The van der Waals surface area contributed by atoms with Crippen LogP contribution in [0.2, 0.25) is 0 Å². The molecule has 0 heterocycles. The molecule has 0 spiro atoms. The van der Waals surface area contributed by atoms with Gasteiger partial charge in [0.25, 0.3) is 0 Å². The number of methoxy groups -OCH3 is 3. The van der Waals surface area contributed by atoms with Gasteiger partial charge in [0.05, 0.1) is 33.8 Å². The maximum atomic E-state index is 12.6. The molecule has 1 aliphatic rings. The summed E-state index contributed by atoms with van der Waals surface area (Å²) in [5.41, 5.74) is 2.01. The van der Waals surface area contributed by atoms with E-state index in [0.717, 1.165) is 29.7 Å². The summed E-state index contributed by atoms with van der Waals surface area (Å²) in [7, 11) is 4.84. The van der Waals surface area contributed by atoms with Gasteiger partial charge in [-0.25, -0.2) is 0 Å². The Morgan fingerprint density at radius 3 is 2.27 bits per heavy atom. The zero-order valence-corrected chi connectivity index (χ0v) is 15.5. The van der Waals surface area contributed by atoms with E-state index >= 15 is 0 Å². The predicted octanol–water partition coefficient (Wildman–Crippen LogP) is 3.52. The Morgan fingerprint density at radius 2 is 1.69 bits per heavy atom. The van der Waals surface area contributed by atoms with Crippen LogP contribution >= 0.6 is 0 Å². The van der Waals surface area contributed by atoms with E-state index in [0.29, 0.717) is 23.8 Å². The fourth-order valence-corrected chi connectivity index (χ4v) is 3.11. The first-order chi connectivity index (χ1) is 12.6. The first-order valence-corrected chi connectivity index (χ1v) is 8.78. The van der Waals surface area contributed by atoms with Crippen molar-refractivity contribution in [3.05, 3.63) is 53.6 Å². The Morgan fingerprint density at radius 1 is 1.00 bits per heavy atom. The van der Waals surface area contributed by atoms with E-state index in [1.807, 2.05) is 42.5 Å². The van der Waals surface area contributed by atoms with Gasteiger partial charge in [-0.1, -0.05) is 18.2 Å². The highest BCUT2D eigenvalue weighted by atomic mass is 16.5. The van der Waals surface area contributed by atoms with Gasteiger partial charge in [0.2, 0.25) is 5.91 Å². The molecule has 0 aliphatic heterocycles. The van der Waals surface area contributed by atoms with Gasteiger partial charge in [0, 0.05) is 0 Å². The molecule has 26 heavy (non-hydrogen) atoms. The zero-order chi connectivity index (χ0) is 18.5. The van der Waals surface area contributed by atoms with E-state index in [4.69, 9.17) is 14.2 Å². The fraction of sp³-hybridized carbons (Fsp3) is 0.381.